The molecule has 0 spiro atoms. The fourth-order valence-electron chi connectivity index (χ4n) is 8.89. The van der Waals surface area contributed by atoms with Gasteiger partial charge >= 0.3 is 12.2 Å². The van der Waals surface area contributed by atoms with Crippen molar-refractivity contribution in [3.05, 3.63) is 11.8 Å². The Bertz CT molecular complexity index is 1610. The van der Waals surface area contributed by atoms with Gasteiger partial charge in [0.25, 0.3) is 0 Å². The van der Waals surface area contributed by atoms with Gasteiger partial charge in [-0.2, -0.15) is 0 Å². The molecule has 2 aliphatic carbocycles. The second-order valence-electron chi connectivity index (χ2n) is 21.6. The van der Waals surface area contributed by atoms with E-state index in [-0.39, 0.29) is 38.6 Å². The van der Waals surface area contributed by atoms with Crippen LogP contribution >= 0.6 is 0 Å². The second kappa shape index (κ2) is 23.1. The van der Waals surface area contributed by atoms with Crippen molar-refractivity contribution in [3.63, 3.8) is 0 Å². The summed E-state index contributed by atoms with van der Waals surface area (Å²) in [5.74, 6) is -0.0117. The second-order valence-corrected chi connectivity index (χ2v) is 21.6. The number of nitrogens with two attached hydrogens (primary N) is 3. The molecule has 2 saturated carbocycles. The van der Waals surface area contributed by atoms with Gasteiger partial charge in [-0.15, -0.1) is 0 Å². The lowest BCUT2D eigenvalue weighted by Gasteiger charge is -2.52. The van der Waals surface area contributed by atoms with Crippen LogP contribution in [-0.4, -0.2) is 173 Å². The van der Waals surface area contributed by atoms with Crippen LogP contribution in [0.3, 0.4) is 0 Å². The lowest BCUT2D eigenvalue weighted by molar-refractivity contribution is -0.294. The Balaban J connectivity index is 1.69. The largest absolute Gasteiger partial charge is 0.467 e. The molecule has 0 aromatic rings. The molecule has 1 saturated heterocycles. The van der Waals surface area contributed by atoms with E-state index in [1.165, 1.54) is 0 Å². The van der Waals surface area contributed by atoms with Crippen molar-refractivity contribution in [1.82, 2.24) is 26.2 Å². The molecule has 0 bridgehead atoms. The molecule has 0 aromatic carbocycles. The zero-order valence-corrected chi connectivity index (χ0v) is 41.3. The SMILES string of the molecule is CCC(OC(C)(C)C)N(C)[C@@H]1[C@@H](N)[C@@H](O[C@@H]2[C@@H](O)[C@H](O[C@H]3OC(CN)=CC[C@H]3NCC3CC(N)C3)[C@@H](NC(=O)OC(C)(C)C)C[C@H]2NC(=O)[C@@H](O)CCNC(=O)OC(C)(C)C)OC[C@]1(C)O. The van der Waals surface area contributed by atoms with Crippen molar-refractivity contribution in [1.29, 1.82) is 0 Å². The van der Waals surface area contributed by atoms with Gasteiger partial charge in [-0.25, -0.2) is 9.59 Å². The number of nitrogens with one attached hydrogen (secondary N) is 4. The van der Waals surface area contributed by atoms with E-state index in [2.05, 4.69) is 21.3 Å². The van der Waals surface area contributed by atoms with E-state index in [1.807, 2.05) is 38.7 Å². The van der Waals surface area contributed by atoms with Crippen LogP contribution in [0.4, 0.5) is 9.59 Å². The Morgan fingerprint density at radius 1 is 0.909 bits per heavy atom. The van der Waals surface area contributed by atoms with Crippen molar-refractivity contribution < 1.29 is 62.9 Å². The van der Waals surface area contributed by atoms with Gasteiger partial charge < -0.3 is 86.9 Å². The molecule has 2 aliphatic heterocycles. The molecule has 2 heterocycles. The molecule has 0 radical (unpaired) electrons. The molecule has 3 amide bonds. The topological polar surface area (TPSA) is 306 Å². The highest BCUT2D eigenvalue weighted by atomic mass is 16.7. The summed E-state index contributed by atoms with van der Waals surface area (Å²) in [5, 5.41) is 47.2. The van der Waals surface area contributed by atoms with Crippen molar-refractivity contribution in [2.24, 2.45) is 23.1 Å². The summed E-state index contributed by atoms with van der Waals surface area (Å²) in [6.07, 6.45) is -5.83. The van der Waals surface area contributed by atoms with Crippen LogP contribution < -0.4 is 38.5 Å². The van der Waals surface area contributed by atoms with E-state index >= 15 is 0 Å². The van der Waals surface area contributed by atoms with Crippen LogP contribution in [0, 0.1) is 5.92 Å². The molecule has 21 heteroatoms. The molecule has 21 nitrogen and oxygen atoms in total. The third kappa shape index (κ3) is 16.4. The van der Waals surface area contributed by atoms with Crippen LogP contribution in [0.5, 0.6) is 0 Å². The van der Waals surface area contributed by atoms with Gasteiger partial charge in [0, 0.05) is 12.6 Å². The maximum atomic E-state index is 13.8. The molecule has 0 aromatic heterocycles. The number of aliphatic hydroxyl groups is 3. The lowest BCUT2D eigenvalue weighted by atomic mass is 9.81. The number of amides is 3. The van der Waals surface area contributed by atoms with E-state index in [4.69, 9.17) is 50.4 Å². The summed E-state index contributed by atoms with van der Waals surface area (Å²) in [7, 11) is 1.80. The molecule has 3 fully saturated rings. The van der Waals surface area contributed by atoms with Gasteiger partial charge in [0.1, 0.15) is 53.2 Å². The zero-order chi connectivity index (χ0) is 49.5. The van der Waals surface area contributed by atoms with Crippen molar-refractivity contribution in [2.45, 2.75) is 217 Å². The van der Waals surface area contributed by atoms with Crippen LogP contribution in [0.25, 0.3) is 0 Å². The summed E-state index contributed by atoms with van der Waals surface area (Å²) in [6, 6.07) is -4.27. The van der Waals surface area contributed by atoms with Crippen LogP contribution in [0.2, 0.25) is 0 Å². The van der Waals surface area contributed by atoms with Crippen LogP contribution in [-0.2, 0) is 38.0 Å². The fraction of sp³-hybridized carbons (Fsp3) is 0.889. The first-order valence-corrected chi connectivity index (χ1v) is 23.5. The Hall–Kier alpha value is -2.93. The van der Waals surface area contributed by atoms with E-state index < -0.39 is 114 Å². The minimum absolute atomic E-state index is 0.0856. The first-order valence-electron chi connectivity index (χ1n) is 23.5. The average Bonchev–Trinajstić information content (AvgIpc) is 3.16. The summed E-state index contributed by atoms with van der Waals surface area (Å²) in [5.41, 5.74) is 15.4. The minimum atomic E-state index is -1.64. The molecular formula is C45H84N8O13. The van der Waals surface area contributed by atoms with E-state index in [9.17, 15) is 29.7 Å². The Labute approximate surface area is 391 Å². The van der Waals surface area contributed by atoms with Crippen molar-refractivity contribution in [2.75, 3.05) is 33.3 Å². The summed E-state index contributed by atoms with van der Waals surface area (Å²) in [4.78, 5) is 41.5. The number of carbonyl (C=O) groups excluding carboxylic acids is 3. The lowest BCUT2D eigenvalue weighted by Crippen LogP contribution is -2.72. The van der Waals surface area contributed by atoms with Crippen LogP contribution in [0.1, 0.15) is 115 Å². The minimum Gasteiger partial charge on any atom is -0.467 e. The Morgan fingerprint density at radius 3 is 2.06 bits per heavy atom. The predicted octanol–water partition coefficient (Wildman–Crippen LogP) is 0.746. The molecule has 66 heavy (non-hydrogen) atoms. The normalized spacial score (nSPS) is 34.0. The van der Waals surface area contributed by atoms with Crippen molar-refractivity contribution >= 4 is 18.1 Å². The zero-order valence-electron chi connectivity index (χ0n) is 41.3. The summed E-state index contributed by atoms with van der Waals surface area (Å²) < 4.78 is 43.1. The molecule has 1 unspecified atom stereocenters. The molecule has 13 N–H and O–H groups in total. The van der Waals surface area contributed by atoms with Crippen molar-refractivity contribution in [3.8, 4) is 0 Å². The number of nitrogens with zero attached hydrogens (tertiary/aromatic N) is 1. The van der Waals surface area contributed by atoms with Crippen LogP contribution in [0.15, 0.2) is 11.8 Å². The maximum absolute atomic E-state index is 13.8. The van der Waals surface area contributed by atoms with Gasteiger partial charge in [-0.3, -0.25) is 9.69 Å². The number of hydrogen-bond donors (Lipinski definition) is 10. The molecule has 382 valence electrons. The highest BCUT2D eigenvalue weighted by Crippen LogP contribution is 2.35. The highest BCUT2D eigenvalue weighted by Gasteiger charge is 2.54. The molecule has 13 atom stereocenters. The fourth-order valence-corrected chi connectivity index (χ4v) is 8.89. The molecular weight excluding hydrogens is 861 g/mol. The monoisotopic (exact) mass is 945 g/mol. The van der Waals surface area contributed by atoms with Gasteiger partial charge in [-0.1, -0.05) is 6.92 Å². The first kappa shape index (κ1) is 55.7. The number of ether oxygens (including phenoxy) is 7. The Morgan fingerprint density at radius 2 is 1.50 bits per heavy atom. The van der Waals surface area contributed by atoms with E-state index in [0.29, 0.717) is 31.1 Å². The third-order valence-corrected chi connectivity index (χ3v) is 11.9. The quantitative estimate of drug-likeness (QED) is 0.0848. The maximum Gasteiger partial charge on any atom is 0.407 e. The standard InChI is InChI=1S/C45H84N8O13/c1-13-31(64-42(2,3)4)53(12)36-32(48)39(60-23-45(36,11)59)63-34-28(51-37(56)30(54)16-17-49-40(57)65-43(5,6)7)20-29(52-41(58)66-44(8,9)10)35(33(34)55)62-38-27(15-14-26(21-46)61-38)50-22-24-18-25(47)19-24/h14,24-25,27-36,38-39,50,54-55,59H,13,15-23,46-48H2,1-12H3,(H,49,57)(H,51,56)(H,52,58)/t24?,25?,27-,28-,29+,30+,31?,32-,33-,34+,35-,36-,38-,39-,45+/m1/s1. The molecule has 4 aliphatic rings. The number of likely N-dealkylation sites (N-methyl/N-ethyl adjacent to an activating group) is 1. The number of carbonyl (C=O) groups is 3. The molecule has 4 rings (SSSR count). The van der Waals surface area contributed by atoms with Gasteiger partial charge in [0.2, 0.25) is 12.2 Å². The predicted molar refractivity (Wildman–Crippen MR) is 244 cm³/mol. The number of hydrogen-bond acceptors (Lipinski definition) is 18. The smallest absolute Gasteiger partial charge is 0.407 e. The summed E-state index contributed by atoms with van der Waals surface area (Å²) >= 11 is 0. The van der Waals surface area contributed by atoms with Gasteiger partial charge in [-0.05, 0) is 133 Å². The van der Waals surface area contributed by atoms with Gasteiger partial charge in [0.05, 0.1) is 49.0 Å². The first-order chi connectivity index (χ1) is 30.5. The van der Waals surface area contributed by atoms with Gasteiger partial charge in [0.15, 0.2) is 6.29 Å². The highest BCUT2D eigenvalue weighted by molar-refractivity contribution is 5.81. The number of aliphatic hydroxyl groups excluding tert-OH is 2. The number of rotatable bonds is 18. The average molecular weight is 945 g/mol. The summed E-state index contributed by atoms with van der Waals surface area (Å²) in [6.45, 7) is 20.0. The number of alkyl carbamates (subject to hydrolysis) is 2. The third-order valence-electron chi connectivity index (χ3n) is 11.9. The van der Waals surface area contributed by atoms with E-state index in [1.54, 1.807) is 55.5 Å². The van der Waals surface area contributed by atoms with E-state index in [0.717, 1.165) is 12.8 Å². The Kier molecular flexibility index (Phi) is 19.5.